The maximum absolute atomic E-state index is 5.79. The van der Waals surface area contributed by atoms with Gasteiger partial charge in [-0.2, -0.15) is 0 Å². The largest absolute Gasteiger partial charge is 0.376 e. The van der Waals surface area contributed by atoms with Gasteiger partial charge in [0.25, 0.3) is 0 Å². The lowest BCUT2D eigenvalue weighted by Gasteiger charge is -2.27. The van der Waals surface area contributed by atoms with Crippen LogP contribution in [0.5, 0.6) is 0 Å². The molecule has 1 aromatic rings. The van der Waals surface area contributed by atoms with Gasteiger partial charge in [0.1, 0.15) is 0 Å². The summed E-state index contributed by atoms with van der Waals surface area (Å²) in [5.74, 6) is 0. The molecule has 0 aliphatic carbocycles. The second-order valence-corrected chi connectivity index (χ2v) is 6.04. The second kappa shape index (κ2) is 7.22. The highest BCUT2D eigenvalue weighted by molar-refractivity contribution is 7.13. The zero-order valence-electron chi connectivity index (χ0n) is 12.2. The number of hydrogen-bond acceptors (Lipinski definition) is 5. The van der Waals surface area contributed by atoms with E-state index < -0.39 is 0 Å². The molecule has 0 bridgehead atoms. The van der Waals surface area contributed by atoms with Crippen molar-refractivity contribution < 1.29 is 4.74 Å². The van der Waals surface area contributed by atoms with Gasteiger partial charge in [-0.05, 0) is 32.7 Å². The predicted octanol–water partition coefficient (Wildman–Crippen LogP) is 2.82. The van der Waals surface area contributed by atoms with Crippen LogP contribution in [0.2, 0.25) is 0 Å². The van der Waals surface area contributed by atoms with Crippen molar-refractivity contribution in [2.75, 3.05) is 31.6 Å². The second-order valence-electron chi connectivity index (χ2n) is 5.20. The summed E-state index contributed by atoms with van der Waals surface area (Å²) in [7, 11) is 2.11. The molecule has 4 nitrogen and oxygen atoms in total. The molecule has 5 heteroatoms. The smallest absolute Gasteiger partial charge is 0.185 e. The van der Waals surface area contributed by atoms with Gasteiger partial charge < -0.3 is 15.0 Å². The molecule has 0 amide bonds. The van der Waals surface area contributed by atoms with Crippen molar-refractivity contribution in [1.82, 2.24) is 10.3 Å². The van der Waals surface area contributed by atoms with Crippen LogP contribution in [0.3, 0.4) is 0 Å². The highest BCUT2D eigenvalue weighted by atomic mass is 32.1. The van der Waals surface area contributed by atoms with Crippen molar-refractivity contribution in [3.05, 3.63) is 11.1 Å². The van der Waals surface area contributed by atoms with Gasteiger partial charge in [0.05, 0.1) is 11.8 Å². The summed E-state index contributed by atoms with van der Waals surface area (Å²) in [4.78, 5) is 6.95. The fraction of sp³-hybridized carbons (Fsp3) is 0.786. The molecular weight excluding hydrogens is 258 g/mol. The van der Waals surface area contributed by atoms with Crippen LogP contribution in [0.15, 0.2) is 5.38 Å². The van der Waals surface area contributed by atoms with Gasteiger partial charge in [-0.15, -0.1) is 11.3 Å². The number of ether oxygens (including phenoxy) is 1. The van der Waals surface area contributed by atoms with Crippen LogP contribution in [-0.4, -0.2) is 37.8 Å². The zero-order chi connectivity index (χ0) is 13.7. The van der Waals surface area contributed by atoms with Gasteiger partial charge in [-0.1, -0.05) is 6.92 Å². The Morgan fingerprint density at radius 2 is 2.42 bits per heavy atom. The van der Waals surface area contributed by atoms with E-state index in [4.69, 9.17) is 9.72 Å². The number of anilines is 1. The van der Waals surface area contributed by atoms with Crippen LogP contribution < -0.4 is 10.2 Å². The molecule has 0 aromatic carbocycles. The first-order valence-corrected chi connectivity index (χ1v) is 8.10. The van der Waals surface area contributed by atoms with E-state index in [0.29, 0.717) is 12.1 Å². The average Bonchev–Trinajstić information content (AvgIpc) is 2.90. The quantitative estimate of drug-likeness (QED) is 0.871. The standard InChI is InChI=1S/C14H25N3OS/c1-4-15-11(2)13-10-19-14(16-13)17(3)9-12-7-5-6-8-18-12/h10-12,15H,4-9H2,1-3H3. The van der Waals surface area contributed by atoms with Gasteiger partial charge in [0.15, 0.2) is 5.13 Å². The third kappa shape index (κ3) is 4.16. The Morgan fingerprint density at radius 3 is 3.11 bits per heavy atom. The summed E-state index contributed by atoms with van der Waals surface area (Å²) in [5.41, 5.74) is 1.14. The molecule has 1 fully saturated rings. The molecule has 1 aromatic heterocycles. The summed E-state index contributed by atoms with van der Waals surface area (Å²) in [6, 6.07) is 0.328. The molecular formula is C14H25N3OS. The van der Waals surface area contributed by atoms with Crippen molar-refractivity contribution in [3.63, 3.8) is 0 Å². The number of thiazole rings is 1. The maximum Gasteiger partial charge on any atom is 0.185 e. The first-order valence-electron chi connectivity index (χ1n) is 7.22. The molecule has 1 aliphatic rings. The third-order valence-electron chi connectivity index (χ3n) is 3.54. The molecule has 0 radical (unpaired) electrons. The molecule has 2 heterocycles. The first-order chi connectivity index (χ1) is 9.20. The lowest BCUT2D eigenvalue weighted by molar-refractivity contribution is 0.0216. The number of nitrogens with one attached hydrogen (secondary N) is 1. The summed E-state index contributed by atoms with van der Waals surface area (Å²) >= 11 is 1.72. The van der Waals surface area contributed by atoms with E-state index in [1.807, 2.05) is 0 Å². The van der Waals surface area contributed by atoms with E-state index in [2.05, 4.69) is 36.5 Å². The Bertz CT molecular complexity index is 377. The Hall–Kier alpha value is -0.650. The number of aromatic nitrogens is 1. The Morgan fingerprint density at radius 1 is 1.58 bits per heavy atom. The van der Waals surface area contributed by atoms with Gasteiger partial charge in [-0.25, -0.2) is 4.98 Å². The van der Waals surface area contributed by atoms with Crippen molar-refractivity contribution in [3.8, 4) is 0 Å². The molecule has 0 saturated carbocycles. The van der Waals surface area contributed by atoms with Gasteiger partial charge in [0, 0.05) is 31.6 Å². The van der Waals surface area contributed by atoms with Gasteiger partial charge in [-0.3, -0.25) is 0 Å². The number of rotatable bonds is 6. The average molecular weight is 283 g/mol. The highest BCUT2D eigenvalue weighted by Gasteiger charge is 2.18. The van der Waals surface area contributed by atoms with E-state index in [-0.39, 0.29) is 0 Å². The van der Waals surface area contributed by atoms with Crippen LogP contribution >= 0.6 is 11.3 Å². The third-order valence-corrected chi connectivity index (χ3v) is 4.51. The predicted molar refractivity (Wildman–Crippen MR) is 81.1 cm³/mol. The van der Waals surface area contributed by atoms with Crippen molar-refractivity contribution in [1.29, 1.82) is 0 Å². The maximum atomic E-state index is 5.79. The molecule has 0 spiro atoms. The Kier molecular flexibility index (Phi) is 5.60. The molecule has 1 N–H and O–H groups in total. The fourth-order valence-corrected chi connectivity index (χ4v) is 3.29. The number of hydrogen-bond donors (Lipinski definition) is 1. The van der Waals surface area contributed by atoms with E-state index in [1.54, 1.807) is 11.3 Å². The highest BCUT2D eigenvalue weighted by Crippen LogP contribution is 2.24. The lowest BCUT2D eigenvalue weighted by atomic mass is 10.1. The summed E-state index contributed by atoms with van der Waals surface area (Å²) in [6.45, 7) is 7.12. The van der Waals surface area contributed by atoms with Gasteiger partial charge in [0.2, 0.25) is 0 Å². The topological polar surface area (TPSA) is 37.4 Å². The minimum Gasteiger partial charge on any atom is -0.376 e. The van der Waals surface area contributed by atoms with Crippen LogP contribution in [0.25, 0.3) is 0 Å². The van der Waals surface area contributed by atoms with E-state index in [1.165, 1.54) is 19.3 Å². The SMILES string of the molecule is CCNC(C)c1csc(N(C)CC2CCCCO2)n1. The molecule has 19 heavy (non-hydrogen) atoms. The fourth-order valence-electron chi connectivity index (χ4n) is 2.40. The minimum atomic E-state index is 0.328. The summed E-state index contributed by atoms with van der Waals surface area (Å²) in [6.07, 6.45) is 4.05. The molecule has 2 atom stereocenters. The molecule has 2 rings (SSSR count). The normalized spacial score (nSPS) is 21.3. The van der Waals surface area contributed by atoms with Crippen molar-refractivity contribution in [2.24, 2.45) is 0 Å². The zero-order valence-corrected chi connectivity index (χ0v) is 13.0. The van der Waals surface area contributed by atoms with Crippen molar-refractivity contribution in [2.45, 2.75) is 45.3 Å². The molecule has 1 aliphatic heterocycles. The molecule has 108 valence electrons. The number of nitrogens with zero attached hydrogens (tertiary/aromatic N) is 2. The van der Waals surface area contributed by atoms with Crippen LogP contribution in [0.1, 0.15) is 44.8 Å². The Balaban J connectivity index is 1.89. The van der Waals surface area contributed by atoms with E-state index in [0.717, 1.165) is 30.5 Å². The van der Waals surface area contributed by atoms with Crippen LogP contribution in [0, 0.1) is 0 Å². The van der Waals surface area contributed by atoms with E-state index in [9.17, 15) is 0 Å². The number of likely N-dealkylation sites (N-methyl/N-ethyl adjacent to an activating group) is 1. The molecule has 1 saturated heterocycles. The van der Waals surface area contributed by atoms with Gasteiger partial charge >= 0.3 is 0 Å². The summed E-state index contributed by atoms with van der Waals surface area (Å²) in [5, 5.41) is 6.64. The first kappa shape index (κ1) is 14.8. The van der Waals surface area contributed by atoms with Crippen molar-refractivity contribution >= 4 is 16.5 Å². The monoisotopic (exact) mass is 283 g/mol. The lowest BCUT2D eigenvalue weighted by Crippen LogP contribution is -2.33. The Labute approximate surface area is 120 Å². The van der Waals surface area contributed by atoms with Crippen LogP contribution in [0.4, 0.5) is 5.13 Å². The summed E-state index contributed by atoms with van der Waals surface area (Å²) < 4.78 is 5.79. The van der Waals surface area contributed by atoms with E-state index >= 15 is 0 Å². The minimum absolute atomic E-state index is 0.328. The molecule has 2 unspecified atom stereocenters. The van der Waals surface area contributed by atoms with Crippen LogP contribution in [-0.2, 0) is 4.74 Å².